The van der Waals surface area contributed by atoms with Gasteiger partial charge in [0.25, 0.3) is 5.78 Å². The monoisotopic (exact) mass is 266 g/mol. The lowest BCUT2D eigenvalue weighted by Crippen LogP contribution is -1.99. The highest BCUT2D eigenvalue weighted by atomic mass is 32.2. The van der Waals surface area contributed by atoms with Crippen LogP contribution < -0.4 is 0 Å². The molecule has 0 aliphatic carbocycles. The van der Waals surface area contributed by atoms with Crippen LogP contribution in [0.4, 0.5) is 0 Å². The van der Waals surface area contributed by atoms with Crippen molar-refractivity contribution < 1.29 is 0 Å². The first-order valence-electron chi connectivity index (χ1n) is 5.68. The van der Waals surface area contributed by atoms with Crippen molar-refractivity contribution in [3.63, 3.8) is 0 Å². The van der Waals surface area contributed by atoms with E-state index in [-0.39, 0.29) is 0 Å². The molecule has 0 saturated carbocycles. The molecule has 3 rings (SSSR count). The van der Waals surface area contributed by atoms with Crippen molar-refractivity contribution in [2.45, 2.75) is 30.7 Å². The van der Waals surface area contributed by atoms with Crippen LogP contribution in [-0.4, -0.2) is 36.3 Å². The second-order valence-corrected chi connectivity index (χ2v) is 6.67. The van der Waals surface area contributed by atoms with Crippen LogP contribution in [0.5, 0.6) is 0 Å². The Morgan fingerprint density at radius 2 is 2.29 bits per heavy atom. The summed E-state index contributed by atoms with van der Waals surface area (Å²) in [6.07, 6.45) is 1.26. The quantitative estimate of drug-likeness (QED) is 0.834. The van der Waals surface area contributed by atoms with Crippen LogP contribution in [0.15, 0.2) is 11.2 Å². The molecule has 0 amide bonds. The molecule has 0 spiro atoms. The Balaban J connectivity index is 1.93. The lowest BCUT2D eigenvalue weighted by atomic mass is 10.4. The minimum Gasteiger partial charge on any atom is -0.216 e. The summed E-state index contributed by atoms with van der Waals surface area (Å²) in [7, 11) is 0. The van der Waals surface area contributed by atoms with Crippen LogP contribution in [0, 0.1) is 13.8 Å². The van der Waals surface area contributed by atoms with Gasteiger partial charge in [0.1, 0.15) is 0 Å². The van der Waals surface area contributed by atoms with Gasteiger partial charge in [0.05, 0.1) is 0 Å². The minimum absolute atomic E-state index is 0.666. The van der Waals surface area contributed by atoms with Gasteiger partial charge in [-0.05, 0) is 32.1 Å². The molecule has 1 aliphatic rings. The number of thioether (sulfide) groups is 2. The van der Waals surface area contributed by atoms with E-state index < -0.39 is 0 Å². The Bertz CT molecular complexity index is 546. The lowest BCUT2D eigenvalue weighted by Gasteiger charge is -2.01. The highest BCUT2D eigenvalue weighted by molar-refractivity contribution is 8.04. The molecule has 1 fully saturated rings. The Hall–Kier alpha value is -0.750. The van der Waals surface area contributed by atoms with E-state index in [9.17, 15) is 0 Å². The van der Waals surface area contributed by atoms with E-state index in [0.29, 0.717) is 5.25 Å². The van der Waals surface area contributed by atoms with Gasteiger partial charge in [0, 0.05) is 22.4 Å². The van der Waals surface area contributed by atoms with Crippen LogP contribution in [-0.2, 0) is 0 Å². The molecule has 0 aromatic carbocycles. The molecule has 90 valence electrons. The fourth-order valence-electron chi connectivity index (χ4n) is 1.95. The number of nitrogens with zero attached hydrogens (tertiary/aromatic N) is 4. The number of hydrogen-bond acceptors (Lipinski definition) is 5. The summed E-state index contributed by atoms with van der Waals surface area (Å²) in [5, 5.41) is 6.04. The molecule has 2 aromatic heterocycles. The zero-order valence-electron chi connectivity index (χ0n) is 9.88. The summed E-state index contributed by atoms with van der Waals surface area (Å²) < 4.78 is 1.83. The minimum atomic E-state index is 0.666. The molecule has 3 heterocycles. The van der Waals surface area contributed by atoms with E-state index in [0.717, 1.165) is 22.3 Å². The average Bonchev–Trinajstić information content (AvgIpc) is 2.87. The van der Waals surface area contributed by atoms with Crippen molar-refractivity contribution in [1.82, 2.24) is 19.6 Å². The van der Waals surface area contributed by atoms with Gasteiger partial charge in [-0.15, -0.1) is 5.10 Å². The van der Waals surface area contributed by atoms with Crippen LogP contribution >= 0.6 is 23.5 Å². The number of aryl methyl sites for hydroxylation is 2. The lowest BCUT2D eigenvalue weighted by molar-refractivity contribution is 0.838. The third-order valence-electron chi connectivity index (χ3n) is 2.76. The maximum absolute atomic E-state index is 4.51. The van der Waals surface area contributed by atoms with E-state index in [1.54, 1.807) is 11.8 Å². The van der Waals surface area contributed by atoms with Gasteiger partial charge >= 0.3 is 0 Å². The highest BCUT2D eigenvalue weighted by Crippen LogP contribution is 2.31. The third kappa shape index (κ3) is 2.28. The zero-order chi connectivity index (χ0) is 11.8. The largest absolute Gasteiger partial charge is 0.253 e. The first kappa shape index (κ1) is 11.3. The molecule has 1 aliphatic heterocycles. The first-order chi connectivity index (χ1) is 8.22. The Labute approximate surface area is 109 Å². The van der Waals surface area contributed by atoms with Crippen molar-refractivity contribution in [2.24, 2.45) is 0 Å². The molecule has 2 aromatic rings. The van der Waals surface area contributed by atoms with Gasteiger partial charge in [-0.25, -0.2) is 9.50 Å². The molecular weight excluding hydrogens is 252 g/mol. The van der Waals surface area contributed by atoms with Gasteiger partial charge in [-0.3, -0.25) is 0 Å². The molecule has 0 radical (unpaired) electrons. The van der Waals surface area contributed by atoms with Crippen molar-refractivity contribution in [3.8, 4) is 0 Å². The summed E-state index contributed by atoms with van der Waals surface area (Å²) in [5.74, 6) is 3.20. The maximum atomic E-state index is 4.51. The highest BCUT2D eigenvalue weighted by Gasteiger charge is 2.19. The maximum Gasteiger partial charge on any atom is 0.253 e. The number of fused-ring (bicyclic) bond motifs is 1. The van der Waals surface area contributed by atoms with Gasteiger partial charge in [-0.2, -0.15) is 16.7 Å². The summed E-state index contributed by atoms with van der Waals surface area (Å²) in [5.41, 5.74) is 2.09. The topological polar surface area (TPSA) is 43.1 Å². The predicted octanol–water partition coefficient (Wildman–Crippen LogP) is 2.34. The van der Waals surface area contributed by atoms with Crippen LogP contribution in [0.25, 0.3) is 5.78 Å². The van der Waals surface area contributed by atoms with E-state index in [2.05, 4.69) is 15.1 Å². The van der Waals surface area contributed by atoms with Crippen LogP contribution in [0.2, 0.25) is 0 Å². The second-order valence-electron chi connectivity index (χ2n) is 4.25. The fraction of sp³-hybridized carbons (Fsp3) is 0.545. The Kier molecular flexibility index (Phi) is 3.00. The molecule has 1 unspecified atom stereocenters. The van der Waals surface area contributed by atoms with Crippen molar-refractivity contribution in [3.05, 3.63) is 17.5 Å². The number of aromatic nitrogens is 4. The molecule has 17 heavy (non-hydrogen) atoms. The van der Waals surface area contributed by atoms with E-state index in [1.165, 1.54) is 17.9 Å². The summed E-state index contributed by atoms with van der Waals surface area (Å²) in [4.78, 5) is 8.89. The van der Waals surface area contributed by atoms with Gasteiger partial charge in [-0.1, -0.05) is 11.8 Å². The standard InChI is InChI=1S/C11H14N4S2/c1-7-5-8(2)15-10(12-7)13-11(14-15)17-9-3-4-16-6-9/h5,9H,3-4,6H2,1-2H3. The van der Waals surface area contributed by atoms with Crippen LogP contribution in [0.3, 0.4) is 0 Å². The van der Waals surface area contributed by atoms with E-state index >= 15 is 0 Å². The van der Waals surface area contributed by atoms with E-state index in [4.69, 9.17) is 0 Å². The summed E-state index contributed by atoms with van der Waals surface area (Å²) in [6.45, 7) is 4.03. The molecule has 1 atom stereocenters. The normalized spacial score (nSPS) is 20.2. The van der Waals surface area contributed by atoms with E-state index in [1.807, 2.05) is 36.2 Å². The predicted molar refractivity (Wildman–Crippen MR) is 71.8 cm³/mol. The Morgan fingerprint density at radius 3 is 3.06 bits per heavy atom. The van der Waals surface area contributed by atoms with Gasteiger partial charge < -0.3 is 0 Å². The molecule has 1 saturated heterocycles. The molecule has 6 heteroatoms. The SMILES string of the molecule is Cc1cc(C)n2nc(SC3CCSC3)nc2n1. The summed E-state index contributed by atoms with van der Waals surface area (Å²) in [6, 6.07) is 2.03. The van der Waals surface area contributed by atoms with Crippen molar-refractivity contribution >= 4 is 29.3 Å². The molecule has 4 nitrogen and oxygen atoms in total. The van der Waals surface area contributed by atoms with Crippen molar-refractivity contribution in [1.29, 1.82) is 0 Å². The second kappa shape index (κ2) is 4.49. The third-order valence-corrected chi connectivity index (χ3v) is 5.25. The Morgan fingerprint density at radius 1 is 1.41 bits per heavy atom. The molecule has 0 N–H and O–H groups in total. The smallest absolute Gasteiger partial charge is 0.216 e. The zero-order valence-corrected chi connectivity index (χ0v) is 11.5. The molecule has 0 bridgehead atoms. The number of rotatable bonds is 2. The molecular formula is C11H14N4S2. The summed E-state index contributed by atoms with van der Waals surface area (Å²) >= 11 is 3.80. The first-order valence-corrected chi connectivity index (χ1v) is 7.71. The number of hydrogen-bond donors (Lipinski definition) is 0. The van der Waals surface area contributed by atoms with Gasteiger partial charge in [0.15, 0.2) is 0 Å². The van der Waals surface area contributed by atoms with Crippen LogP contribution in [0.1, 0.15) is 17.8 Å². The van der Waals surface area contributed by atoms with Crippen molar-refractivity contribution in [2.75, 3.05) is 11.5 Å². The average molecular weight is 266 g/mol. The fourth-order valence-corrected chi connectivity index (χ4v) is 4.51. The van der Waals surface area contributed by atoms with Gasteiger partial charge in [0.2, 0.25) is 5.16 Å².